The van der Waals surface area contributed by atoms with Gasteiger partial charge in [-0.2, -0.15) is 0 Å². The summed E-state index contributed by atoms with van der Waals surface area (Å²) in [6, 6.07) is 17.7. The maximum atomic E-state index is 13.2. The molecule has 0 bridgehead atoms. The fourth-order valence-electron chi connectivity index (χ4n) is 3.37. The minimum Gasteiger partial charge on any atom is -0.301 e. The highest BCUT2D eigenvalue weighted by Crippen LogP contribution is 2.09. The first-order valence-corrected chi connectivity index (χ1v) is 9.03. The molecule has 2 nitrogen and oxygen atoms in total. The number of piperazine rings is 1. The standard InChI is InChI=1S/C21H27FN2/c22-21-10-4-8-20(18-21)11-13-24-16-14-23(15-17-24)12-5-9-19-6-2-1-3-7-19/h1-4,6-8,10,18H,5,9,11-17H2. The Labute approximate surface area is 144 Å². The number of hydrogen-bond donors (Lipinski definition) is 0. The van der Waals surface area contributed by atoms with Gasteiger partial charge in [0.2, 0.25) is 0 Å². The molecule has 2 aromatic carbocycles. The second-order valence-electron chi connectivity index (χ2n) is 6.65. The van der Waals surface area contributed by atoms with Gasteiger partial charge in [-0.1, -0.05) is 42.5 Å². The minimum atomic E-state index is -0.129. The third kappa shape index (κ3) is 5.43. The lowest BCUT2D eigenvalue weighted by Crippen LogP contribution is -2.47. The molecule has 1 fully saturated rings. The molecule has 0 N–H and O–H groups in total. The first kappa shape index (κ1) is 17.1. The third-order valence-electron chi connectivity index (χ3n) is 4.85. The van der Waals surface area contributed by atoms with E-state index in [1.165, 1.54) is 31.0 Å². The van der Waals surface area contributed by atoms with E-state index in [1.807, 2.05) is 6.07 Å². The second-order valence-corrected chi connectivity index (χ2v) is 6.65. The molecule has 1 aliphatic heterocycles. The van der Waals surface area contributed by atoms with Crippen molar-refractivity contribution in [2.24, 2.45) is 0 Å². The zero-order valence-electron chi connectivity index (χ0n) is 14.3. The van der Waals surface area contributed by atoms with Crippen LogP contribution in [0.3, 0.4) is 0 Å². The van der Waals surface area contributed by atoms with Crippen molar-refractivity contribution in [3.63, 3.8) is 0 Å². The molecular formula is C21H27FN2. The Morgan fingerprint density at radius 2 is 1.38 bits per heavy atom. The van der Waals surface area contributed by atoms with Crippen LogP contribution in [0.1, 0.15) is 17.5 Å². The molecule has 0 aliphatic carbocycles. The molecule has 0 unspecified atom stereocenters. The molecule has 0 amide bonds. The third-order valence-corrected chi connectivity index (χ3v) is 4.85. The second kappa shape index (κ2) is 8.95. The largest absolute Gasteiger partial charge is 0.301 e. The van der Waals surface area contributed by atoms with Crippen molar-refractivity contribution < 1.29 is 4.39 Å². The Balaban J connectivity index is 1.32. The predicted octanol–water partition coefficient (Wildman–Crippen LogP) is 3.62. The summed E-state index contributed by atoms with van der Waals surface area (Å²) in [5.74, 6) is -0.129. The lowest BCUT2D eigenvalue weighted by molar-refractivity contribution is 0.132. The first-order chi connectivity index (χ1) is 11.8. The molecule has 0 saturated carbocycles. The summed E-state index contributed by atoms with van der Waals surface area (Å²) < 4.78 is 13.2. The van der Waals surface area contributed by atoms with E-state index in [4.69, 9.17) is 0 Å². The van der Waals surface area contributed by atoms with Crippen LogP contribution in [0.2, 0.25) is 0 Å². The molecule has 0 aromatic heterocycles. The van der Waals surface area contributed by atoms with Crippen molar-refractivity contribution in [3.8, 4) is 0 Å². The Hall–Kier alpha value is -1.71. The molecule has 2 aromatic rings. The molecule has 0 atom stereocenters. The number of halogens is 1. The van der Waals surface area contributed by atoms with Crippen molar-refractivity contribution in [3.05, 3.63) is 71.5 Å². The fraction of sp³-hybridized carbons (Fsp3) is 0.429. The van der Waals surface area contributed by atoms with E-state index in [1.54, 1.807) is 12.1 Å². The molecule has 0 spiro atoms. The lowest BCUT2D eigenvalue weighted by atomic mass is 10.1. The van der Waals surface area contributed by atoms with E-state index in [9.17, 15) is 4.39 Å². The molecule has 128 valence electrons. The fourth-order valence-corrected chi connectivity index (χ4v) is 3.37. The normalized spacial score (nSPS) is 16.4. The van der Waals surface area contributed by atoms with Gasteiger partial charge in [0, 0.05) is 32.7 Å². The van der Waals surface area contributed by atoms with Crippen LogP contribution in [0.5, 0.6) is 0 Å². The first-order valence-electron chi connectivity index (χ1n) is 9.03. The van der Waals surface area contributed by atoms with Gasteiger partial charge >= 0.3 is 0 Å². The molecular weight excluding hydrogens is 299 g/mol. The van der Waals surface area contributed by atoms with Crippen LogP contribution in [0.4, 0.5) is 4.39 Å². The molecule has 0 radical (unpaired) electrons. The van der Waals surface area contributed by atoms with Crippen molar-refractivity contribution in [2.45, 2.75) is 19.3 Å². The highest BCUT2D eigenvalue weighted by Gasteiger charge is 2.16. The van der Waals surface area contributed by atoms with Crippen LogP contribution < -0.4 is 0 Å². The van der Waals surface area contributed by atoms with Crippen LogP contribution >= 0.6 is 0 Å². The molecule has 3 rings (SSSR count). The summed E-state index contributed by atoms with van der Waals surface area (Å²) in [6.45, 7) is 6.77. The van der Waals surface area contributed by atoms with Gasteiger partial charge in [-0.05, 0) is 49.1 Å². The van der Waals surface area contributed by atoms with Crippen LogP contribution in [0.25, 0.3) is 0 Å². The van der Waals surface area contributed by atoms with Gasteiger partial charge in [0.15, 0.2) is 0 Å². The molecule has 1 saturated heterocycles. The van der Waals surface area contributed by atoms with Gasteiger partial charge < -0.3 is 9.80 Å². The lowest BCUT2D eigenvalue weighted by Gasteiger charge is -2.34. The molecule has 1 aliphatic rings. The maximum Gasteiger partial charge on any atom is 0.123 e. The number of aryl methyl sites for hydroxylation is 1. The van der Waals surface area contributed by atoms with Crippen LogP contribution in [0.15, 0.2) is 54.6 Å². The molecule has 24 heavy (non-hydrogen) atoms. The quantitative estimate of drug-likeness (QED) is 0.767. The number of nitrogens with zero attached hydrogens (tertiary/aromatic N) is 2. The van der Waals surface area contributed by atoms with Crippen molar-refractivity contribution in [1.82, 2.24) is 9.80 Å². The smallest absolute Gasteiger partial charge is 0.123 e. The highest BCUT2D eigenvalue weighted by molar-refractivity contribution is 5.16. The summed E-state index contributed by atoms with van der Waals surface area (Å²) in [7, 11) is 0. The van der Waals surface area contributed by atoms with Gasteiger partial charge in [0.05, 0.1) is 0 Å². The SMILES string of the molecule is Fc1cccc(CCN2CCN(CCCc3ccccc3)CC2)c1. The van der Waals surface area contributed by atoms with Crippen molar-refractivity contribution in [2.75, 3.05) is 39.3 Å². The van der Waals surface area contributed by atoms with Gasteiger partial charge in [-0.15, -0.1) is 0 Å². The van der Waals surface area contributed by atoms with E-state index < -0.39 is 0 Å². The minimum absolute atomic E-state index is 0.129. The zero-order valence-corrected chi connectivity index (χ0v) is 14.3. The van der Waals surface area contributed by atoms with E-state index in [-0.39, 0.29) is 5.82 Å². The van der Waals surface area contributed by atoms with Gasteiger partial charge in [0.1, 0.15) is 5.82 Å². The zero-order chi connectivity index (χ0) is 16.6. The van der Waals surface area contributed by atoms with Gasteiger partial charge in [-0.25, -0.2) is 4.39 Å². The summed E-state index contributed by atoms with van der Waals surface area (Å²) in [5, 5.41) is 0. The molecule has 3 heteroatoms. The van der Waals surface area contributed by atoms with E-state index in [0.29, 0.717) is 0 Å². The Kier molecular flexibility index (Phi) is 6.39. The average molecular weight is 326 g/mol. The topological polar surface area (TPSA) is 6.48 Å². The molecule has 1 heterocycles. The number of benzene rings is 2. The van der Waals surface area contributed by atoms with E-state index >= 15 is 0 Å². The van der Waals surface area contributed by atoms with E-state index in [0.717, 1.165) is 44.7 Å². The average Bonchev–Trinajstić information content (AvgIpc) is 2.62. The van der Waals surface area contributed by atoms with E-state index in [2.05, 4.69) is 40.1 Å². The maximum absolute atomic E-state index is 13.2. The highest BCUT2D eigenvalue weighted by atomic mass is 19.1. The van der Waals surface area contributed by atoms with Crippen LogP contribution in [0, 0.1) is 5.82 Å². The summed E-state index contributed by atoms with van der Waals surface area (Å²) in [5.41, 5.74) is 2.53. The van der Waals surface area contributed by atoms with Gasteiger partial charge in [0.25, 0.3) is 0 Å². The number of rotatable bonds is 7. The Morgan fingerprint density at radius 1 is 0.708 bits per heavy atom. The van der Waals surface area contributed by atoms with Crippen LogP contribution in [-0.2, 0) is 12.8 Å². The Bertz CT molecular complexity index is 606. The van der Waals surface area contributed by atoms with Gasteiger partial charge in [-0.3, -0.25) is 0 Å². The monoisotopic (exact) mass is 326 g/mol. The Morgan fingerprint density at radius 3 is 2.08 bits per heavy atom. The summed E-state index contributed by atoms with van der Waals surface area (Å²) in [6.07, 6.45) is 3.33. The number of hydrogen-bond acceptors (Lipinski definition) is 2. The summed E-state index contributed by atoms with van der Waals surface area (Å²) >= 11 is 0. The predicted molar refractivity (Wildman–Crippen MR) is 97.7 cm³/mol. The summed E-state index contributed by atoms with van der Waals surface area (Å²) in [4.78, 5) is 5.07. The van der Waals surface area contributed by atoms with Crippen LogP contribution in [-0.4, -0.2) is 49.1 Å². The van der Waals surface area contributed by atoms with Crippen molar-refractivity contribution >= 4 is 0 Å². The van der Waals surface area contributed by atoms with Crippen molar-refractivity contribution in [1.29, 1.82) is 0 Å².